The first-order valence-corrected chi connectivity index (χ1v) is 5.58. The van der Waals surface area contributed by atoms with E-state index >= 15 is 0 Å². The van der Waals surface area contributed by atoms with Crippen LogP contribution in [0, 0.1) is 0 Å². The van der Waals surface area contributed by atoms with E-state index in [-0.39, 0.29) is 6.10 Å². The minimum absolute atomic E-state index is 0.117. The molecule has 0 amide bonds. The molecule has 1 atom stereocenters. The molecule has 1 unspecified atom stereocenters. The van der Waals surface area contributed by atoms with E-state index in [1.54, 1.807) is 0 Å². The van der Waals surface area contributed by atoms with Crippen molar-refractivity contribution < 1.29 is 5.11 Å². The van der Waals surface area contributed by atoms with Crippen molar-refractivity contribution in [2.75, 3.05) is 13.6 Å². The molecule has 13 heavy (non-hydrogen) atoms. The molecule has 0 saturated heterocycles. The first-order valence-electron chi connectivity index (χ1n) is 5.58. The molecule has 1 N–H and O–H groups in total. The fourth-order valence-corrected chi connectivity index (χ4v) is 1.81. The van der Waals surface area contributed by atoms with Crippen LogP contribution in [0.3, 0.4) is 0 Å². The topological polar surface area (TPSA) is 23.5 Å². The zero-order valence-corrected chi connectivity index (χ0v) is 9.00. The van der Waals surface area contributed by atoms with Crippen molar-refractivity contribution in [2.24, 2.45) is 0 Å². The van der Waals surface area contributed by atoms with Crippen LogP contribution in [0.25, 0.3) is 0 Å². The molecular formula is C11H23NO. The summed E-state index contributed by atoms with van der Waals surface area (Å²) < 4.78 is 0. The van der Waals surface area contributed by atoms with Gasteiger partial charge >= 0.3 is 0 Å². The Morgan fingerprint density at radius 1 is 1.38 bits per heavy atom. The maximum atomic E-state index is 9.07. The van der Waals surface area contributed by atoms with Gasteiger partial charge in [-0.1, -0.05) is 6.42 Å². The third-order valence-corrected chi connectivity index (χ3v) is 3.08. The average molecular weight is 185 g/mol. The Morgan fingerprint density at radius 2 is 2.08 bits per heavy atom. The van der Waals surface area contributed by atoms with Gasteiger partial charge in [0.1, 0.15) is 0 Å². The second-order valence-electron chi connectivity index (χ2n) is 4.41. The largest absolute Gasteiger partial charge is 0.393 e. The van der Waals surface area contributed by atoms with E-state index in [0.717, 1.165) is 18.9 Å². The molecule has 0 bridgehead atoms. The number of nitrogens with zero attached hydrogens (tertiary/aromatic N) is 1. The van der Waals surface area contributed by atoms with Gasteiger partial charge in [0.2, 0.25) is 0 Å². The zero-order chi connectivity index (χ0) is 9.68. The van der Waals surface area contributed by atoms with Gasteiger partial charge in [0.15, 0.2) is 0 Å². The summed E-state index contributed by atoms with van der Waals surface area (Å²) in [5, 5.41) is 9.07. The first-order chi connectivity index (χ1) is 6.20. The Labute approximate surface area is 81.9 Å². The number of unbranched alkanes of at least 4 members (excludes halogenated alkanes) is 1. The normalized spacial score (nSPS) is 20.3. The van der Waals surface area contributed by atoms with E-state index in [4.69, 9.17) is 5.11 Å². The van der Waals surface area contributed by atoms with Gasteiger partial charge in [-0.15, -0.1) is 0 Å². The zero-order valence-electron chi connectivity index (χ0n) is 9.00. The maximum Gasteiger partial charge on any atom is 0.0512 e. The molecule has 0 heterocycles. The predicted molar refractivity (Wildman–Crippen MR) is 55.8 cm³/mol. The standard InChI is InChI=1S/C11H23NO/c1-10(13)6-3-4-9-12(2)11-7-5-8-11/h10-11,13H,3-9H2,1-2H3. The first kappa shape index (κ1) is 11.0. The Morgan fingerprint density at radius 3 is 2.54 bits per heavy atom. The Bertz CT molecular complexity index is 132. The summed E-state index contributed by atoms with van der Waals surface area (Å²) in [6.07, 6.45) is 7.45. The van der Waals surface area contributed by atoms with Crippen LogP contribution >= 0.6 is 0 Å². The van der Waals surface area contributed by atoms with Crippen LogP contribution in [-0.2, 0) is 0 Å². The fraction of sp³-hybridized carbons (Fsp3) is 1.00. The van der Waals surface area contributed by atoms with E-state index in [2.05, 4.69) is 11.9 Å². The van der Waals surface area contributed by atoms with Gasteiger partial charge in [-0.3, -0.25) is 0 Å². The van der Waals surface area contributed by atoms with Crippen molar-refractivity contribution in [3.63, 3.8) is 0 Å². The van der Waals surface area contributed by atoms with Gasteiger partial charge in [0.25, 0.3) is 0 Å². The summed E-state index contributed by atoms with van der Waals surface area (Å²) in [4.78, 5) is 2.48. The molecular weight excluding hydrogens is 162 g/mol. The quantitative estimate of drug-likeness (QED) is 0.640. The highest BCUT2D eigenvalue weighted by Gasteiger charge is 2.20. The van der Waals surface area contributed by atoms with Crippen LogP contribution in [0.2, 0.25) is 0 Å². The lowest BCUT2D eigenvalue weighted by atomic mass is 9.92. The van der Waals surface area contributed by atoms with Crippen LogP contribution in [-0.4, -0.2) is 35.7 Å². The van der Waals surface area contributed by atoms with Gasteiger partial charge in [-0.05, 0) is 52.6 Å². The molecule has 0 spiro atoms. The average Bonchev–Trinajstić information content (AvgIpc) is 1.94. The molecule has 0 aromatic carbocycles. The molecule has 2 heteroatoms. The lowest BCUT2D eigenvalue weighted by Crippen LogP contribution is -2.37. The van der Waals surface area contributed by atoms with Crippen molar-refractivity contribution in [3.8, 4) is 0 Å². The van der Waals surface area contributed by atoms with Crippen molar-refractivity contribution in [3.05, 3.63) is 0 Å². The number of aliphatic hydroxyl groups excluding tert-OH is 1. The molecule has 1 fully saturated rings. The third kappa shape index (κ3) is 4.10. The third-order valence-electron chi connectivity index (χ3n) is 3.08. The minimum atomic E-state index is -0.117. The number of hydrogen-bond acceptors (Lipinski definition) is 2. The molecule has 1 rings (SSSR count). The molecule has 2 nitrogen and oxygen atoms in total. The fourth-order valence-electron chi connectivity index (χ4n) is 1.81. The lowest BCUT2D eigenvalue weighted by molar-refractivity contribution is 0.149. The molecule has 1 aliphatic rings. The van der Waals surface area contributed by atoms with Crippen molar-refractivity contribution in [1.82, 2.24) is 4.90 Å². The second-order valence-corrected chi connectivity index (χ2v) is 4.41. The molecule has 0 aromatic heterocycles. The number of aliphatic hydroxyl groups is 1. The van der Waals surface area contributed by atoms with Crippen LogP contribution in [0.1, 0.15) is 45.4 Å². The van der Waals surface area contributed by atoms with Crippen LogP contribution in [0.5, 0.6) is 0 Å². The van der Waals surface area contributed by atoms with Crippen molar-refractivity contribution in [2.45, 2.75) is 57.6 Å². The molecule has 0 aromatic rings. The minimum Gasteiger partial charge on any atom is -0.393 e. The van der Waals surface area contributed by atoms with Crippen molar-refractivity contribution in [1.29, 1.82) is 0 Å². The van der Waals surface area contributed by atoms with E-state index in [1.807, 2.05) is 6.92 Å². The lowest BCUT2D eigenvalue weighted by Gasteiger charge is -2.34. The number of hydrogen-bond donors (Lipinski definition) is 1. The summed E-state index contributed by atoms with van der Waals surface area (Å²) >= 11 is 0. The highest BCUT2D eigenvalue weighted by molar-refractivity contribution is 4.77. The van der Waals surface area contributed by atoms with E-state index < -0.39 is 0 Å². The van der Waals surface area contributed by atoms with Crippen LogP contribution < -0.4 is 0 Å². The summed E-state index contributed by atoms with van der Waals surface area (Å²) in [7, 11) is 2.23. The summed E-state index contributed by atoms with van der Waals surface area (Å²) in [5.74, 6) is 0. The summed E-state index contributed by atoms with van der Waals surface area (Å²) in [6.45, 7) is 3.08. The monoisotopic (exact) mass is 185 g/mol. The van der Waals surface area contributed by atoms with Gasteiger partial charge in [-0.2, -0.15) is 0 Å². The highest BCUT2D eigenvalue weighted by atomic mass is 16.3. The van der Waals surface area contributed by atoms with E-state index in [0.29, 0.717) is 0 Å². The highest BCUT2D eigenvalue weighted by Crippen LogP contribution is 2.23. The maximum absolute atomic E-state index is 9.07. The summed E-state index contributed by atoms with van der Waals surface area (Å²) in [5.41, 5.74) is 0. The Hall–Kier alpha value is -0.0800. The van der Waals surface area contributed by atoms with Crippen molar-refractivity contribution >= 4 is 0 Å². The van der Waals surface area contributed by atoms with Gasteiger partial charge < -0.3 is 10.0 Å². The smallest absolute Gasteiger partial charge is 0.0512 e. The summed E-state index contributed by atoms with van der Waals surface area (Å²) in [6, 6.07) is 0.867. The van der Waals surface area contributed by atoms with Gasteiger partial charge in [-0.25, -0.2) is 0 Å². The van der Waals surface area contributed by atoms with Crippen LogP contribution in [0.15, 0.2) is 0 Å². The van der Waals surface area contributed by atoms with E-state index in [1.165, 1.54) is 32.2 Å². The van der Waals surface area contributed by atoms with Gasteiger partial charge in [0, 0.05) is 6.04 Å². The molecule has 0 radical (unpaired) electrons. The molecule has 1 saturated carbocycles. The molecule has 78 valence electrons. The number of rotatable bonds is 6. The van der Waals surface area contributed by atoms with Gasteiger partial charge in [0.05, 0.1) is 6.10 Å². The predicted octanol–water partition coefficient (Wildman–Crippen LogP) is 2.02. The second kappa shape index (κ2) is 5.61. The Kier molecular flexibility index (Phi) is 4.74. The molecule has 1 aliphatic carbocycles. The Balaban J connectivity index is 1.92. The molecule has 0 aliphatic heterocycles. The SMILES string of the molecule is CC(O)CCCCN(C)C1CCC1. The van der Waals surface area contributed by atoms with Crippen LogP contribution in [0.4, 0.5) is 0 Å². The van der Waals surface area contributed by atoms with E-state index in [9.17, 15) is 0 Å².